The van der Waals surface area contributed by atoms with Crippen molar-refractivity contribution in [2.24, 2.45) is 4.99 Å². The van der Waals surface area contributed by atoms with Crippen LogP contribution in [0.5, 0.6) is 0 Å². The Bertz CT molecular complexity index is 666. The third-order valence-corrected chi connectivity index (χ3v) is 4.43. The van der Waals surface area contributed by atoms with E-state index < -0.39 is 6.04 Å². The number of likely N-dealkylation sites (tertiary alicyclic amines) is 1. The molecular weight excluding hydrogens is 351 g/mol. The molecule has 0 bridgehead atoms. The quantitative estimate of drug-likeness (QED) is 0.842. The van der Waals surface area contributed by atoms with E-state index in [2.05, 4.69) is 15.6 Å². The molecule has 1 fully saturated rings. The lowest BCUT2D eigenvalue weighted by atomic mass is 10.1. The van der Waals surface area contributed by atoms with E-state index in [1.165, 1.54) is 6.42 Å². The van der Waals surface area contributed by atoms with E-state index in [-0.39, 0.29) is 18.2 Å². The molecule has 0 aromatic heterocycles. The number of aliphatic imine (C=N–C) groups is 1. The Hall–Kier alpha value is -1.79. The maximum atomic E-state index is 12.5. The molecule has 0 saturated carbocycles. The number of halogens is 2. The van der Waals surface area contributed by atoms with Crippen LogP contribution in [0.4, 0.5) is 5.69 Å². The zero-order chi connectivity index (χ0) is 17.1. The van der Waals surface area contributed by atoms with Gasteiger partial charge in [0.25, 0.3) is 0 Å². The lowest BCUT2D eigenvalue weighted by Gasteiger charge is -2.32. The van der Waals surface area contributed by atoms with Gasteiger partial charge in [0.1, 0.15) is 6.04 Å². The molecule has 1 aromatic rings. The number of benzene rings is 1. The van der Waals surface area contributed by atoms with Gasteiger partial charge in [-0.1, -0.05) is 23.2 Å². The summed E-state index contributed by atoms with van der Waals surface area (Å²) in [6.07, 6.45) is 3.33. The van der Waals surface area contributed by atoms with Gasteiger partial charge in [0, 0.05) is 28.8 Å². The summed E-state index contributed by atoms with van der Waals surface area (Å²) in [6.45, 7) is 1.69. The SMILES string of the molecule is O=C1C[C@@H](C(=O)Nc2cc(Cl)cc(Cl)c2)N=C(N2CCCCC2)N1. The molecule has 2 N–H and O–H groups in total. The van der Waals surface area contributed by atoms with E-state index in [1.807, 2.05) is 4.90 Å². The van der Waals surface area contributed by atoms with E-state index in [1.54, 1.807) is 18.2 Å². The number of hydrogen-bond acceptors (Lipinski definition) is 4. The molecule has 24 heavy (non-hydrogen) atoms. The number of amides is 2. The van der Waals surface area contributed by atoms with Crippen LogP contribution in [-0.2, 0) is 9.59 Å². The predicted molar refractivity (Wildman–Crippen MR) is 94.5 cm³/mol. The Morgan fingerprint density at radius 1 is 1.17 bits per heavy atom. The predicted octanol–water partition coefficient (Wildman–Crippen LogP) is 2.66. The van der Waals surface area contributed by atoms with Gasteiger partial charge in [0.05, 0.1) is 6.42 Å². The maximum absolute atomic E-state index is 12.5. The molecule has 0 aliphatic carbocycles. The topological polar surface area (TPSA) is 73.8 Å². The largest absolute Gasteiger partial charge is 0.343 e. The summed E-state index contributed by atoms with van der Waals surface area (Å²) in [7, 11) is 0. The van der Waals surface area contributed by atoms with Crippen LogP contribution in [0.15, 0.2) is 23.2 Å². The second-order valence-corrected chi connectivity index (χ2v) is 6.79. The summed E-state index contributed by atoms with van der Waals surface area (Å²) in [5, 5.41) is 6.35. The number of carbonyl (C=O) groups excluding carboxylic acids is 2. The molecule has 2 heterocycles. The molecule has 2 aliphatic heterocycles. The molecule has 1 saturated heterocycles. The van der Waals surface area contributed by atoms with Crippen molar-refractivity contribution in [3.8, 4) is 0 Å². The average Bonchev–Trinajstić information content (AvgIpc) is 2.54. The second-order valence-electron chi connectivity index (χ2n) is 5.92. The molecule has 0 spiro atoms. The third kappa shape index (κ3) is 4.19. The van der Waals surface area contributed by atoms with Gasteiger partial charge in [-0.05, 0) is 37.5 Å². The summed E-state index contributed by atoms with van der Waals surface area (Å²) in [4.78, 5) is 30.9. The highest BCUT2D eigenvalue weighted by Crippen LogP contribution is 2.23. The number of piperidine rings is 1. The van der Waals surface area contributed by atoms with Crippen LogP contribution in [-0.4, -0.2) is 41.8 Å². The standard InChI is InChI=1S/C16H18Cl2N4O2/c17-10-6-11(18)8-12(7-10)19-15(24)13-9-14(23)21-16(20-13)22-4-2-1-3-5-22/h6-8,13H,1-5,9H2,(H,19,24)(H,20,21,23)/t13-/m0/s1. The van der Waals surface area contributed by atoms with Crippen molar-refractivity contribution in [1.82, 2.24) is 10.2 Å². The van der Waals surface area contributed by atoms with Gasteiger partial charge in [-0.3, -0.25) is 14.9 Å². The number of anilines is 1. The monoisotopic (exact) mass is 368 g/mol. The van der Waals surface area contributed by atoms with E-state index in [9.17, 15) is 9.59 Å². The smallest absolute Gasteiger partial charge is 0.249 e. The molecule has 8 heteroatoms. The first-order chi connectivity index (χ1) is 11.5. The van der Waals surface area contributed by atoms with E-state index >= 15 is 0 Å². The Morgan fingerprint density at radius 3 is 2.50 bits per heavy atom. The number of carbonyl (C=O) groups is 2. The van der Waals surface area contributed by atoms with Crippen molar-refractivity contribution in [3.05, 3.63) is 28.2 Å². The molecular formula is C16H18Cl2N4O2. The van der Waals surface area contributed by atoms with Gasteiger partial charge in [-0.2, -0.15) is 0 Å². The summed E-state index contributed by atoms with van der Waals surface area (Å²) >= 11 is 11.9. The minimum atomic E-state index is -0.756. The van der Waals surface area contributed by atoms with Crippen LogP contribution in [0.2, 0.25) is 10.0 Å². The van der Waals surface area contributed by atoms with Crippen LogP contribution < -0.4 is 10.6 Å². The van der Waals surface area contributed by atoms with E-state index in [0.717, 1.165) is 25.9 Å². The van der Waals surface area contributed by atoms with Gasteiger partial charge in [0.15, 0.2) is 0 Å². The summed E-state index contributed by atoms with van der Waals surface area (Å²) < 4.78 is 0. The highest BCUT2D eigenvalue weighted by molar-refractivity contribution is 6.35. The Labute approximate surface area is 150 Å². The molecule has 2 amide bonds. The Morgan fingerprint density at radius 2 is 1.83 bits per heavy atom. The summed E-state index contributed by atoms with van der Waals surface area (Å²) in [5.41, 5.74) is 0.484. The van der Waals surface area contributed by atoms with Crippen molar-refractivity contribution in [3.63, 3.8) is 0 Å². The van der Waals surface area contributed by atoms with Crippen molar-refractivity contribution >= 4 is 46.7 Å². The minimum Gasteiger partial charge on any atom is -0.343 e. The first-order valence-corrected chi connectivity index (χ1v) is 8.66. The van der Waals surface area contributed by atoms with Crippen molar-refractivity contribution in [2.75, 3.05) is 18.4 Å². The molecule has 6 nitrogen and oxygen atoms in total. The van der Waals surface area contributed by atoms with Crippen molar-refractivity contribution < 1.29 is 9.59 Å². The molecule has 128 valence electrons. The number of hydrogen-bond donors (Lipinski definition) is 2. The number of guanidine groups is 1. The lowest BCUT2D eigenvalue weighted by molar-refractivity contribution is -0.125. The summed E-state index contributed by atoms with van der Waals surface area (Å²) in [6, 6.07) is 4.03. The first kappa shape index (κ1) is 17.0. The van der Waals surface area contributed by atoms with Gasteiger partial charge in [0.2, 0.25) is 17.8 Å². The molecule has 1 atom stereocenters. The highest BCUT2D eigenvalue weighted by atomic mass is 35.5. The summed E-state index contributed by atoms with van der Waals surface area (Å²) in [5.74, 6) is -0.0530. The van der Waals surface area contributed by atoms with Crippen molar-refractivity contribution in [1.29, 1.82) is 0 Å². The fourth-order valence-electron chi connectivity index (χ4n) is 2.85. The van der Waals surface area contributed by atoms with Gasteiger partial charge in [-0.15, -0.1) is 0 Å². The first-order valence-electron chi connectivity index (χ1n) is 7.91. The second kappa shape index (κ2) is 7.40. The fraction of sp³-hybridized carbons (Fsp3) is 0.438. The normalized spacial score (nSPS) is 21.1. The fourth-order valence-corrected chi connectivity index (χ4v) is 3.37. The van der Waals surface area contributed by atoms with Crippen molar-refractivity contribution in [2.45, 2.75) is 31.7 Å². The number of nitrogens with one attached hydrogen (secondary N) is 2. The van der Waals surface area contributed by atoms with Gasteiger partial charge < -0.3 is 10.2 Å². The van der Waals surface area contributed by atoms with Gasteiger partial charge in [-0.25, -0.2) is 4.99 Å². The van der Waals surface area contributed by atoms with Gasteiger partial charge >= 0.3 is 0 Å². The van der Waals surface area contributed by atoms with E-state index in [4.69, 9.17) is 23.2 Å². The maximum Gasteiger partial charge on any atom is 0.249 e. The van der Waals surface area contributed by atoms with Crippen LogP contribution in [0, 0.1) is 0 Å². The van der Waals surface area contributed by atoms with E-state index in [0.29, 0.717) is 21.7 Å². The zero-order valence-electron chi connectivity index (χ0n) is 13.0. The molecule has 2 aliphatic rings. The Balaban J connectivity index is 1.74. The van der Waals surface area contributed by atoms with Crippen LogP contribution in [0.25, 0.3) is 0 Å². The Kier molecular flexibility index (Phi) is 5.26. The zero-order valence-corrected chi connectivity index (χ0v) is 14.5. The lowest BCUT2D eigenvalue weighted by Crippen LogP contribution is -2.51. The van der Waals surface area contributed by atoms with Crippen LogP contribution in [0.3, 0.4) is 0 Å². The molecule has 3 rings (SSSR count). The average molecular weight is 369 g/mol. The molecule has 1 aromatic carbocycles. The highest BCUT2D eigenvalue weighted by Gasteiger charge is 2.29. The number of rotatable bonds is 2. The van der Waals surface area contributed by atoms with Crippen LogP contribution in [0.1, 0.15) is 25.7 Å². The molecule has 0 radical (unpaired) electrons. The third-order valence-electron chi connectivity index (χ3n) is 4.00. The van der Waals surface area contributed by atoms with Crippen LogP contribution >= 0.6 is 23.2 Å². The number of nitrogens with zero attached hydrogens (tertiary/aromatic N) is 2. The molecule has 0 unspecified atom stereocenters. The minimum absolute atomic E-state index is 0.0253.